The molecule has 1 N–H and O–H groups in total. The number of methoxy groups -OCH3 is 1. The number of hydrogen-bond donors (Lipinski definition) is 1. The van der Waals surface area contributed by atoms with E-state index in [0.717, 1.165) is 6.04 Å². The van der Waals surface area contributed by atoms with Crippen LogP contribution in [0, 0.1) is 0 Å². The Morgan fingerprint density at radius 2 is 2.00 bits per heavy atom. The second-order valence-electron chi connectivity index (χ2n) is 4.80. The van der Waals surface area contributed by atoms with Crippen molar-refractivity contribution in [2.45, 2.75) is 56.7 Å². The molecule has 1 saturated heterocycles. The largest absolute Gasteiger partial charge is 0.381 e. The van der Waals surface area contributed by atoms with Gasteiger partial charge < -0.3 is 10.1 Å². The van der Waals surface area contributed by atoms with Gasteiger partial charge in [-0.3, -0.25) is 0 Å². The van der Waals surface area contributed by atoms with E-state index in [1.54, 1.807) is 0 Å². The summed E-state index contributed by atoms with van der Waals surface area (Å²) in [6.07, 6.45) is 8.43. The lowest BCUT2D eigenvalue weighted by Gasteiger charge is -2.33. The van der Waals surface area contributed by atoms with E-state index in [4.69, 9.17) is 4.74 Å². The molecular formula is C12H23NOS. The van der Waals surface area contributed by atoms with Gasteiger partial charge in [0.1, 0.15) is 0 Å². The van der Waals surface area contributed by atoms with Gasteiger partial charge in [-0.25, -0.2) is 0 Å². The molecule has 3 unspecified atom stereocenters. The molecule has 2 rings (SSSR count). The van der Waals surface area contributed by atoms with Gasteiger partial charge in [0.15, 0.2) is 0 Å². The second kappa shape index (κ2) is 6.12. The number of ether oxygens (including phenoxy) is 1. The molecule has 2 aliphatic rings. The van der Waals surface area contributed by atoms with Gasteiger partial charge in [0.25, 0.3) is 0 Å². The van der Waals surface area contributed by atoms with Gasteiger partial charge in [0, 0.05) is 24.9 Å². The lowest BCUT2D eigenvalue weighted by molar-refractivity contribution is 0.0571. The van der Waals surface area contributed by atoms with Crippen LogP contribution in [0.4, 0.5) is 0 Å². The van der Waals surface area contributed by atoms with Gasteiger partial charge in [0.2, 0.25) is 0 Å². The van der Waals surface area contributed by atoms with Gasteiger partial charge in [-0.05, 0) is 44.3 Å². The van der Waals surface area contributed by atoms with Gasteiger partial charge in [-0.1, -0.05) is 0 Å². The minimum Gasteiger partial charge on any atom is -0.381 e. The summed E-state index contributed by atoms with van der Waals surface area (Å²) in [6, 6.07) is 1.48. The SMILES string of the molecule is COC1CCCC(NC2CCCSC2)C1. The Labute approximate surface area is 97.5 Å². The monoisotopic (exact) mass is 229 g/mol. The molecule has 1 heterocycles. The molecule has 0 spiro atoms. The molecule has 15 heavy (non-hydrogen) atoms. The zero-order chi connectivity index (χ0) is 10.5. The Hall–Kier alpha value is 0.270. The quantitative estimate of drug-likeness (QED) is 0.803. The van der Waals surface area contributed by atoms with E-state index in [0.29, 0.717) is 12.1 Å². The highest BCUT2D eigenvalue weighted by molar-refractivity contribution is 7.99. The van der Waals surface area contributed by atoms with Gasteiger partial charge in [-0.2, -0.15) is 11.8 Å². The zero-order valence-electron chi connectivity index (χ0n) is 9.71. The third-order valence-corrected chi connectivity index (χ3v) is 4.81. The highest BCUT2D eigenvalue weighted by Gasteiger charge is 2.24. The highest BCUT2D eigenvalue weighted by atomic mass is 32.2. The van der Waals surface area contributed by atoms with Crippen molar-refractivity contribution in [2.24, 2.45) is 0 Å². The Morgan fingerprint density at radius 3 is 2.73 bits per heavy atom. The molecule has 0 aromatic heterocycles. The number of thioether (sulfide) groups is 1. The second-order valence-corrected chi connectivity index (χ2v) is 5.95. The van der Waals surface area contributed by atoms with Crippen LogP contribution in [-0.2, 0) is 4.74 Å². The van der Waals surface area contributed by atoms with Crippen molar-refractivity contribution >= 4 is 11.8 Å². The van der Waals surface area contributed by atoms with Gasteiger partial charge in [0.05, 0.1) is 6.10 Å². The van der Waals surface area contributed by atoms with Crippen LogP contribution < -0.4 is 5.32 Å². The van der Waals surface area contributed by atoms with Crippen LogP contribution in [0.15, 0.2) is 0 Å². The number of rotatable bonds is 3. The van der Waals surface area contributed by atoms with Gasteiger partial charge in [-0.15, -0.1) is 0 Å². The fraction of sp³-hybridized carbons (Fsp3) is 1.00. The van der Waals surface area contributed by atoms with E-state index in [1.807, 2.05) is 7.11 Å². The van der Waals surface area contributed by atoms with Crippen LogP contribution in [0.3, 0.4) is 0 Å². The summed E-state index contributed by atoms with van der Waals surface area (Å²) < 4.78 is 5.47. The smallest absolute Gasteiger partial charge is 0.0586 e. The molecule has 3 atom stereocenters. The molecule has 1 saturated carbocycles. The minimum absolute atomic E-state index is 0.507. The molecule has 1 aliphatic heterocycles. The standard InChI is InChI=1S/C12H23NOS/c1-14-12-6-2-4-10(8-12)13-11-5-3-7-15-9-11/h10-13H,2-9H2,1H3. The highest BCUT2D eigenvalue weighted by Crippen LogP contribution is 2.23. The maximum atomic E-state index is 5.47. The van der Waals surface area contributed by atoms with Crippen LogP contribution in [0.1, 0.15) is 38.5 Å². The van der Waals surface area contributed by atoms with Crippen LogP contribution in [0.2, 0.25) is 0 Å². The fourth-order valence-corrected chi connectivity index (χ4v) is 3.80. The number of nitrogens with one attached hydrogen (secondary N) is 1. The molecule has 1 aliphatic carbocycles. The van der Waals surface area contributed by atoms with E-state index in [1.165, 1.54) is 50.0 Å². The van der Waals surface area contributed by atoms with Crippen molar-refractivity contribution in [1.82, 2.24) is 5.32 Å². The minimum atomic E-state index is 0.507. The summed E-state index contributed by atoms with van der Waals surface area (Å²) in [7, 11) is 1.85. The summed E-state index contributed by atoms with van der Waals surface area (Å²) >= 11 is 2.10. The van der Waals surface area contributed by atoms with Crippen molar-refractivity contribution < 1.29 is 4.74 Å². The molecule has 0 aromatic carbocycles. The van der Waals surface area contributed by atoms with Crippen molar-refractivity contribution in [1.29, 1.82) is 0 Å². The Kier molecular flexibility index (Phi) is 4.79. The first-order chi connectivity index (χ1) is 7.38. The zero-order valence-corrected chi connectivity index (χ0v) is 10.5. The van der Waals surface area contributed by atoms with E-state index < -0.39 is 0 Å². The summed E-state index contributed by atoms with van der Waals surface area (Å²) in [5, 5.41) is 3.82. The maximum Gasteiger partial charge on any atom is 0.0586 e. The molecular weight excluding hydrogens is 206 g/mol. The van der Waals surface area contributed by atoms with Crippen LogP contribution >= 0.6 is 11.8 Å². The van der Waals surface area contributed by atoms with Crippen LogP contribution in [0.25, 0.3) is 0 Å². The van der Waals surface area contributed by atoms with E-state index >= 15 is 0 Å². The summed E-state index contributed by atoms with van der Waals surface area (Å²) in [5.41, 5.74) is 0. The first-order valence-electron chi connectivity index (χ1n) is 6.25. The summed E-state index contributed by atoms with van der Waals surface area (Å²) in [5.74, 6) is 2.68. The molecule has 3 heteroatoms. The fourth-order valence-electron chi connectivity index (χ4n) is 2.72. The van der Waals surface area contributed by atoms with Crippen molar-refractivity contribution in [3.8, 4) is 0 Å². The van der Waals surface area contributed by atoms with Crippen LogP contribution in [-0.4, -0.2) is 36.8 Å². The molecule has 0 amide bonds. The van der Waals surface area contributed by atoms with E-state index in [2.05, 4.69) is 17.1 Å². The van der Waals surface area contributed by atoms with E-state index in [-0.39, 0.29) is 0 Å². The maximum absolute atomic E-state index is 5.47. The summed E-state index contributed by atoms with van der Waals surface area (Å²) in [6.45, 7) is 0. The Bertz CT molecular complexity index is 182. The lowest BCUT2D eigenvalue weighted by atomic mass is 9.92. The van der Waals surface area contributed by atoms with E-state index in [9.17, 15) is 0 Å². The molecule has 88 valence electrons. The first-order valence-corrected chi connectivity index (χ1v) is 7.40. The summed E-state index contributed by atoms with van der Waals surface area (Å²) in [4.78, 5) is 0. The number of hydrogen-bond acceptors (Lipinski definition) is 3. The van der Waals surface area contributed by atoms with Crippen molar-refractivity contribution in [3.05, 3.63) is 0 Å². The molecule has 0 bridgehead atoms. The van der Waals surface area contributed by atoms with Crippen molar-refractivity contribution in [2.75, 3.05) is 18.6 Å². The Balaban J connectivity index is 1.72. The normalized spacial score (nSPS) is 37.8. The van der Waals surface area contributed by atoms with Crippen molar-refractivity contribution in [3.63, 3.8) is 0 Å². The Morgan fingerprint density at radius 1 is 1.13 bits per heavy atom. The van der Waals surface area contributed by atoms with Crippen LogP contribution in [0.5, 0.6) is 0 Å². The third-order valence-electron chi connectivity index (χ3n) is 3.59. The lowest BCUT2D eigenvalue weighted by Crippen LogP contribution is -2.44. The average Bonchev–Trinajstić information content (AvgIpc) is 2.31. The molecule has 0 aromatic rings. The molecule has 0 radical (unpaired) electrons. The average molecular weight is 229 g/mol. The van der Waals surface area contributed by atoms with Gasteiger partial charge >= 0.3 is 0 Å². The third kappa shape index (κ3) is 3.65. The predicted octanol–water partition coefficient (Wildman–Crippen LogP) is 2.43. The first kappa shape index (κ1) is 11.7. The molecule has 2 nitrogen and oxygen atoms in total. The topological polar surface area (TPSA) is 21.3 Å². The predicted molar refractivity (Wildman–Crippen MR) is 66.5 cm³/mol. The molecule has 2 fully saturated rings.